The van der Waals surface area contributed by atoms with Crippen LogP contribution in [0.5, 0.6) is 0 Å². The zero-order valence-corrected chi connectivity index (χ0v) is 8.90. The summed E-state index contributed by atoms with van der Waals surface area (Å²) in [5.41, 5.74) is 1.24. The van der Waals surface area contributed by atoms with Crippen LogP contribution in [0.4, 0.5) is 4.79 Å². The van der Waals surface area contributed by atoms with Crippen LogP contribution in [0.2, 0.25) is 0 Å². The molecule has 0 bridgehead atoms. The van der Waals surface area contributed by atoms with Gasteiger partial charge in [-0.05, 0) is 18.1 Å². The van der Waals surface area contributed by atoms with E-state index in [9.17, 15) is 9.59 Å². The first-order valence-electron chi connectivity index (χ1n) is 4.78. The van der Waals surface area contributed by atoms with Gasteiger partial charge in [0, 0.05) is 6.54 Å². The Hall–Kier alpha value is -2.04. The number of amides is 1. The monoisotopic (exact) mass is 223 g/mol. The molecule has 5 heteroatoms. The number of ether oxygens (including phenoxy) is 1. The lowest BCUT2D eigenvalue weighted by molar-refractivity contribution is 0.0599. The Morgan fingerprint density at radius 1 is 1.38 bits per heavy atom. The smallest absolute Gasteiger partial charge is 0.404 e. The molecule has 2 N–H and O–H groups in total. The highest BCUT2D eigenvalue weighted by molar-refractivity contribution is 5.91. The number of nitrogens with one attached hydrogen (secondary N) is 1. The second-order valence-corrected chi connectivity index (χ2v) is 3.13. The van der Waals surface area contributed by atoms with Crippen molar-refractivity contribution in [3.8, 4) is 0 Å². The summed E-state index contributed by atoms with van der Waals surface area (Å²) in [5, 5.41) is 10.7. The molecule has 0 aliphatic rings. The second kappa shape index (κ2) is 5.75. The highest BCUT2D eigenvalue weighted by Crippen LogP contribution is 2.10. The van der Waals surface area contributed by atoms with Crippen molar-refractivity contribution in [2.75, 3.05) is 13.7 Å². The summed E-state index contributed by atoms with van der Waals surface area (Å²) in [6.07, 6.45) is -0.618. The molecule has 0 aliphatic heterocycles. The number of esters is 1. The first-order chi connectivity index (χ1) is 7.65. The summed E-state index contributed by atoms with van der Waals surface area (Å²) in [6, 6.07) is 6.96. The van der Waals surface area contributed by atoms with E-state index in [1.54, 1.807) is 24.3 Å². The molecule has 0 heterocycles. The molecule has 0 spiro atoms. The van der Waals surface area contributed by atoms with Crippen LogP contribution < -0.4 is 5.32 Å². The fraction of sp³-hybridized carbons (Fsp3) is 0.273. The van der Waals surface area contributed by atoms with Crippen LogP contribution in [0.1, 0.15) is 15.9 Å². The van der Waals surface area contributed by atoms with Gasteiger partial charge in [0.15, 0.2) is 0 Å². The normalized spacial score (nSPS) is 9.56. The zero-order valence-electron chi connectivity index (χ0n) is 8.90. The fourth-order valence-electron chi connectivity index (χ4n) is 1.35. The van der Waals surface area contributed by atoms with Crippen molar-refractivity contribution in [1.29, 1.82) is 0 Å². The third kappa shape index (κ3) is 3.27. The lowest BCUT2D eigenvalue weighted by atomic mass is 10.0. The summed E-state index contributed by atoms with van der Waals surface area (Å²) in [6.45, 7) is 0.267. The van der Waals surface area contributed by atoms with Gasteiger partial charge in [-0.25, -0.2) is 9.59 Å². The largest absolute Gasteiger partial charge is 0.465 e. The number of carbonyl (C=O) groups excluding carboxylic acids is 1. The molecule has 16 heavy (non-hydrogen) atoms. The molecule has 0 aliphatic carbocycles. The molecule has 0 fully saturated rings. The van der Waals surface area contributed by atoms with E-state index < -0.39 is 12.1 Å². The van der Waals surface area contributed by atoms with Crippen LogP contribution in [0, 0.1) is 0 Å². The van der Waals surface area contributed by atoms with Crippen molar-refractivity contribution in [3.63, 3.8) is 0 Å². The molecule has 0 atom stereocenters. The molecule has 0 saturated heterocycles. The maximum Gasteiger partial charge on any atom is 0.404 e. The number of hydrogen-bond donors (Lipinski definition) is 2. The van der Waals surface area contributed by atoms with E-state index in [1.165, 1.54) is 7.11 Å². The van der Waals surface area contributed by atoms with Gasteiger partial charge in [0.05, 0.1) is 12.7 Å². The fourth-order valence-corrected chi connectivity index (χ4v) is 1.35. The van der Waals surface area contributed by atoms with Gasteiger partial charge in [0.2, 0.25) is 0 Å². The summed E-state index contributed by atoms with van der Waals surface area (Å²) >= 11 is 0. The molecular weight excluding hydrogens is 210 g/mol. The van der Waals surface area contributed by atoms with Crippen LogP contribution in [0.15, 0.2) is 24.3 Å². The number of methoxy groups -OCH3 is 1. The number of hydrogen-bond acceptors (Lipinski definition) is 3. The Bertz CT molecular complexity index is 389. The van der Waals surface area contributed by atoms with Crippen molar-refractivity contribution >= 4 is 12.1 Å². The zero-order chi connectivity index (χ0) is 12.0. The quantitative estimate of drug-likeness (QED) is 0.754. The summed E-state index contributed by atoms with van der Waals surface area (Å²) < 4.78 is 4.63. The van der Waals surface area contributed by atoms with Gasteiger partial charge in [-0.3, -0.25) is 0 Å². The van der Waals surface area contributed by atoms with Crippen LogP contribution in [-0.2, 0) is 11.2 Å². The Labute approximate surface area is 93.0 Å². The van der Waals surface area contributed by atoms with Gasteiger partial charge in [0.25, 0.3) is 0 Å². The maximum atomic E-state index is 11.4. The molecule has 5 nitrogen and oxygen atoms in total. The van der Waals surface area contributed by atoms with Crippen molar-refractivity contribution in [2.45, 2.75) is 6.42 Å². The van der Waals surface area contributed by atoms with Gasteiger partial charge >= 0.3 is 12.1 Å². The van der Waals surface area contributed by atoms with Crippen LogP contribution in [0.3, 0.4) is 0 Å². The molecule has 0 aromatic heterocycles. The molecular formula is C11H13NO4. The van der Waals surface area contributed by atoms with Gasteiger partial charge in [0.1, 0.15) is 0 Å². The van der Waals surface area contributed by atoms with Crippen molar-refractivity contribution in [2.24, 2.45) is 0 Å². The lowest BCUT2D eigenvalue weighted by Gasteiger charge is -2.07. The highest BCUT2D eigenvalue weighted by Gasteiger charge is 2.10. The van der Waals surface area contributed by atoms with E-state index >= 15 is 0 Å². The Morgan fingerprint density at radius 3 is 2.69 bits per heavy atom. The van der Waals surface area contributed by atoms with Crippen LogP contribution in [-0.4, -0.2) is 30.8 Å². The number of rotatable bonds is 4. The maximum absolute atomic E-state index is 11.4. The van der Waals surface area contributed by atoms with Gasteiger partial charge in [-0.2, -0.15) is 0 Å². The van der Waals surface area contributed by atoms with Gasteiger partial charge in [-0.15, -0.1) is 0 Å². The summed E-state index contributed by atoms with van der Waals surface area (Å²) in [5.74, 6) is -0.411. The molecule has 0 saturated carbocycles. The van der Waals surface area contributed by atoms with Crippen molar-refractivity contribution < 1.29 is 19.4 Å². The van der Waals surface area contributed by atoms with Crippen molar-refractivity contribution in [1.82, 2.24) is 5.32 Å². The standard InChI is InChI=1S/C11H13NO4/c1-16-10(13)9-5-3-2-4-8(9)6-7-12-11(14)15/h2-5,12H,6-7H2,1H3,(H,14,15). The predicted octanol–water partition coefficient (Wildman–Crippen LogP) is 1.28. The van der Waals surface area contributed by atoms with Crippen molar-refractivity contribution in [3.05, 3.63) is 35.4 Å². The molecule has 1 aromatic rings. The van der Waals surface area contributed by atoms with Crippen LogP contribution >= 0.6 is 0 Å². The minimum atomic E-state index is -1.07. The number of carboxylic acid groups (broad SMARTS) is 1. The lowest BCUT2D eigenvalue weighted by Crippen LogP contribution is -2.23. The SMILES string of the molecule is COC(=O)c1ccccc1CCNC(=O)O. The van der Waals surface area contributed by atoms with E-state index in [0.717, 1.165) is 5.56 Å². The molecule has 0 unspecified atom stereocenters. The van der Waals surface area contributed by atoms with Crippen LogP contribution in [0.25, 0.3) is 0 Å². The van der Waals surface area contributed by atoms with Gasteiger partial charge < -0.3 is 15.2 Å². The topological polar surface area (TPSA) is 75.6 Å². The third-order valence-corrected chi connectivity index (χ3v) is 2.09. The minimum Gasteiger partial charge on any atom is -0.465 e. The van der Waals surface area contributed by atoms with E-state index in [1.807, 2.05) is 0 Å². The Morgan fingerprint density at radius 2 is 2.06 bits per heavy atom. The predicted molar refractivity (Wildman–Crippen MR) is 57.5 cm³/mol. The molecule has 86 valence electrons. The Kier molecular flexibility index (Phi) is 4.32. The molecule has 1 rings (SSSR count). The van der Waals surface area contributed by atoms with Gasteiger partial charge in [-0.1, -0.05) is 18.2 Å². The second-order valence-electron chi connectivity index (χ2n) is 3.13. The van der Waals surface area contributed by atoms with E-state index in [0.29, 0.717) is 12.0 Å². The Balaban J connectivity index is 2.71. The number of carbonyl (C=O) groups is 2. The summed E-state index contributed by atoms with van der Waals surface area (Å²) in [7, 11) is 1.31. The van der Waals surface area contributed by atoms with E-state index in [4.69, 9.17) is 5.11 Å². The molecule has 1 aromatic carbocycles. The molecule has 1 amide bonds. The summed E-state index contributed by atoms with van der Waals surface area (Å²) in [4.78, 5) is 21.6. The average Bonchev–Trinajstić information content (AvgIpc) is 2.28. The molecule has 0 radical (unpaired) electrons. The van der Waals surface area contributed by atoms with E-state index in [2.05, 4.69) is 10.1 Å². The first kappa shape index (κ1) is 12.0. The third-order valence-electron chi connectivity index (χ3n) is 2.09. The minimum absolute atomic E-state index is 0.267. The number of benzene rings is 1. The van der Waals surface area contributed by atoms with E-state index in [-0.39, 0.29) is 6.54 Å². The first-order valence-corrected chi connectivity index (χ1v) is 4.78. The highest BCUT2D eigenvalue weighted by atomic mass is 16.5. The average molecular weight is 223 g/mol.